The monoisotopic (exact) mass is 158 g/mol. The summed E-state index contributed by atoms with van der Waals surface area (Å²) in [5.74, 6) is -1.99. The Morgan fingerprint density at radius 1 is 1.10 bits per heavy atom. The molecule has 0 amide bonds. The van der Waals surface area contributed by atoms with Crippen LogP contribution < -0.4 is 0 Å². The fraction of sp³-hybridized carbons (Fsp3) is 0.667. The van der Waals surface area contributed by atoms with Crippen molar-refractivity contribution in [2.24, 2.45) is 0 Å². The van der Waals surface area contributed by atoms with Gasteiger partial charge in [-0.1, -0.05) is 20.3 Å². The molecule has 0 bridgehead atoms. The lowest BCUT2D eigenvalue weighted by Crippen LogP contribution is -1.74. The summed E-state index contributed by atoms with van der Waals surface area (Å²) in [6, 6.07) is 0. The van der Waals surface area contributed by atoms with E-state index in [-0.39, 0.29) is 0 Å². The third-order valence-corrected chi connectivity index (χ3v) is 0.322. The molecule has 10 heavy (non-hydrogen) atoms. The fourth-order valence-corrected chi connectivity index (χ4v) is 0.0505. The molecule has 0 nitrogen and oxygen atoms in total. The maximum Gasteiger partial charge on any atom is 0.304 e. The summed E-state index contributed by atoms with van der Waals surface area (Å²) >= 11 is 0. The van der Waals surface area contributed by atoms with Gasteiger partial charge in [0.15, 0.2) is 5.83 Å². The van der Waals surface area contributed by atoms with Crippen LogP contribution >= 0.6 is 0 Å². The van der Waals surface area contributed by atoms with Crippen LogP contribution in [0.2, 0.25) is 0 Å². The van der Waals surface area contributed by atoms with Gasteiger partial charge < -0.3 is 0 Å². The van der Waals surface area contributed by atoms with E-state index in [0.717, 1.165) is 0 Å². The van der Waals surface area contributed by atoms with Gasteiger partial charge >= 0.3 is 6.08 Å². The summed E-state index contributed by atoms with van der Waals surface area (Å²) in [7, 11) is 0. The van der Waals surface area contributed by atoms with Crippen molar-refractivity contribution in [1.29, 1.82) is 0 Å². The molecule has 0 radical (unpaired) electrons. The Morgan fingerprint density at radius 2 is 1.40 bits per heavy atom. The third-order valence-electron chi connectivity index (χ3n) is 0.322. The first-order chi connectivity index (χ1) is 4.59. The van der Waals surface area contributed by atoms with Crippen molar-refractivity contribution in [2.45, 2.75) is 20.3 Å². The minimum atomic E-state index is -2.58. The van der Waals surface area contributed by atoms with Gasteiger partial charge in [0, 0.05) is 0 Å². The maximum atomic E-state index is 11.0. The average Bonchev–Trinajstić information content (AvgIpc) is 1.88. The van der Waals surface area contributed by atoms with E-state index in [1.54, 1.807) is 0 Å². The SMILES string of the molecule is CCC.FCC(F)=C(F)F. The Kier molecular flexibility index (Phi) is 10.3. The van der Waals surface area contributed by atoms with Gasteiger partial charge in [-0.25, -0.2) is 8.78 Å². The highest BCUT2D eigenvalue weighted by atomic mass is 19.3. The van der Waals surface area contributed by atoms with Crippen LogP contribution in [0.25, 0.3) is 0 Å². The minimum absolute atomic E-state index is 1.25. The Morgan fingerprint density at radius 3 is 1.40 bits per heavy atom. The Bertz CT molecular complexity index is 93.9. The molecule has 0 heterocycles. The first kappa shape index (κ1) is 12.2. The van der Waals surface area contributed by atoms with Gasteiger partial charge in [-0.05, 0) is 0 Å². The minimum Gasteiger partial charge on any atom is -0.243 e. The van der Waals surface area contributed by atoms with Gasteiger partial charge in [0.1, 0.15) is 6.67 Å². The Labute approximate surface area is 57.5 Å². The van der Waals surface area contributed by atoms with E-state index in [4.69, 9.17) is 0 Å². The summed E-state index contributed by atoms with van der Waals surface area (Å²) in [6.45, 7) is 2.53. The fourth-order valence-electron chi connectivity index (χ4n) is 0.0505. The molecule has 0 unspecified atom stereocenters. The van der Waals surface area contributed by atoms with E-state index >= 15 is 0 Å². The van der Waals surface area contributed by atoms with E-state index in [9.17, 15) is 17.6 Å². The first-order valence-electron chi connectivity index (χ1n) is 2.85. The summed E-state index contributed by atoms with van der Waals surface area (Å²) in [5, 5.41) is 0. The van der Waals surface area contributed by atoms with Crippen LogP contribution in [0.3, 0.4) is 0 Å². The molecule has 0 N–H and O–H groups in total. The second-order valence-corrected chi connectivity index (χ2v) is 1.51. The van der Waals surface area contributed by atoms with Crippen LogP contribution in [-0.2, 0) is 0 Å². The summed E-state index contributed by atoms with van der Waals surface area (Å²) in [4.78, 5) is 0. The van der Waals surface area contributed by atoms with E-state index in [1.165, 1.54) is 6.42 Å². The first-order valence-corrected chi connectivity index (χ1v) is 2.85. The molecule has 0 aromatic heterocycles. The van der Waals surface area contributed by atoms with Gasteiger partial charge in [0.25, 0.3) is 0 Å². The lowest BCUT2D eigenvalue weighted by molar-refractivity contribution is 0.348. The van der Waals surface area contributed by atoms with Crippen molar-refractivity contribution < 1.29 is 17.6 Å². The van der Waals surface area contributed by atoms with Crippen LogP contribution in [-0.4, -0.2) is 6.67 Å². The smallest absolute Gasteiger partial charge is 0.243 e. The van der Waals surface area contributed by atoms with Crippen molar-refractivity contribution in [3.05, 3.63) is 11.9 Å². The summed E-state index contributed by atoms with van der Waals surface area (Å²) in [5.41, 5.74) is 0. The van der Waals surface area contributed by atoms with Crippen molar-refractivity contribution in [3.63, 3.8) is 0 Å². The molecule has 62 valence electrons. The van der Waals surface area contributed by atoms with E-state index in [0.29, 0.717) is 0 Å². The van der Waals surface area contributed by atoms with Crippen LogP contribution in [0, 0.1) is 0 Å². The topological polar surface area (TPSA) is 0 Å². The predicted molar refractivity (Wildman–Crippen MR) is 32.3 cm³/mol. The summed E-state index contributed by atoms with van der Waals surface area (Å²) in [6.07, 6.45) is -1.33. The lowest BCUT2D eigenvalue weighted by atomic mass is 10.6. The van der Waals surface area contributed by atoms with Crippen molar-refractivity contribution >= 4 is 0 Å². The zero-order valence-corrected chi connectivity index (χ0v) is 5.93. The molecule has 0 aromatic rings. The van der Waals surface area contributed by atoms with Gasteiger partial charge in [-0.3, -0.25) is 0 Å². The number of rotatable bonds is 1. The zero-order chi connectivity index (χ0) is 8.57. The molecule has 0 atom stereocenters. The van der Waals surface area contributed by atoms with E-state index < -0.39 is 18.6 Å². The lowest BCUT2D eigenvalue weighted by Gasteiger charge is -1.79. The normalized spacial score (nSPS) is 7.80. The van der Waals surface area contributed by atoms with Crippen molar-refractivity contribution in [1.82, 2.24) is 0 Å². The number of alkyl halides is 1. The standard InChI is InChI=1S/C3H2F4.C3H8/c4-1-2(5)3(6)7;1-3-2/h1H2;3H2,1-2H3. The molecular weight excluding hydrogens is 148 g/mol. The number of hydrogen-bond acceptors (Lipinski definition) is 0. The molecule has 4 heteroatoms. The molecule has 0 rings (SSSR count). The molecule has 0 aliphatic rings. The number of allylic oxidation sites excluding steroid dienone is 1. The van der Waals surface area contributed by atoms with Gasteiger partial charge in [-0.2, -0.15) is 8.78 Å². The predicted octanol–water partition coefficient (Wildman–Crippen LogP) is 3.45. The van der Waals surface area contributed by atoms with E-state index in [2.05, 4.69) is 13.8 Å². The second-order valence-electron chi connectivity index (χ2n) is 1.51. The largest absolute Gasteiger partial charge is 0.304 e. The quantitative estimate of drug-likeness (QED) is 0.512. The zero-order valence-electron chi connectivity index (χ0n) is 5.93. The second kappa shape index (κ2) is 8.46. The number of halogens is 4. The van der Waals surface area contributed by atoms with Crippen molar-refractivity contribution in [3.8, 4) is 0 Å². The Balaban J connectivity index is 0. The van der Waals surface area contributed by atoms with Gasteiger partial charge in [0.2, 0.25) is 0 Å². The molecule has 0 saturated heterocycles. The van der Waals surface area contributed by atoms with Crippen LogP contribution in [0.1, 0.15) is 20.3 Å². The highest BCUT2D eigenvalue weighted by Crippen LogP contribution is 2.07. The highest BCUT2D eigenvalue weighted by Gasteiger charge is 2.00. The van der Waals surface area contributed by atoms with Crippen molar-refractivity contribution in [2.75, 3.05) is 6.67 Å². The molecule has 0 aromatic carbocycles. The van der Waals surface area contributed by atoms with Crippen LogP contribution in [0.5, 0.6) is 0 Å². The number of hydrogen-bond donors (Lipinski definition) is 0. The van der Waals surface area contributed by atoms with Crippen LogP contribution in [0.15, 0.2) is 11.9 Å². The third kappa shape index (κ3) is 10.4. The molecule has 0 saturated carbocycles. The van der Waals surface area contributed by atoms with Gasteiger partial charge in [-0.15, -0.1) is 0 Å². The average molecular weight is 158 g/mol. The molecule has 0 aliphatic carbocycles. The van der Waals surface area contributed by atoms with E-state index in [1.807, 2.05) is 0 Å². The molecule has 0 aliphatic heterocycles. The molecule has 0 spiro atoms. The maximum absolute atomic E-state index is 11.0. The Hall–Kier alpha value is -0.540. The molecular formula is C6H10F4. The van der Waals surface area contributed by atoms with Crippen LogP contribution in [0.4, 0.5) is 17.6 Å². The van der Waals surface area contributed by atoms with Gasteiger partial charge in [0.05, 0.1) is 0 Å². The highest BCUT2D eigenvalue weighted by molar-refractivity contribution is 4.90. The summed E-state index contributed by atoms with van der Waals surface area (Å²) < 4.78 is 43.1. The molecule has 0 fully saturated rings.